The van der Waals surface area contributed by atoms with Crippen molar-refractivity contribution in [3.63, 3.8) is 0 Å². The van der Waals surface area contributed by atoms with Gasteiger partial charge in [0.15, 0.2) is 0 Å². The Morgan fingerprint density at radius 3 is 2.33 bits per heavy atom. The van der Waals surface area contributed by atoms with Crippen molar-refractivity contribution in [2.75, 3.05) is 0 Å². The van der Waals surface area contributed by atoms with E-state index in [0.29, 0.717) is 12.1 Å². The number of benzene rings is 1. The van der Waals surface area contributed by atoms with Crippen LogP contribution in [0.1, 0.15) is 11.1 Å². The first-order chi connectivity index (χ1) is 7.19. The van der Waals surface area contributed by atoms with Crippen LogP contribution in [-0.2, 0) is 11.3 Å². The molecule has 0 fully saturated rings. The molecule has 15 heavy (non-hydrogen) atoms. The molecular weight excluding hydrogens is 188 g/mol. The quantitative estimate of drug-likeness (QED) is 0.569. The SMILES string of the molecule is C=CC=C(C(N)=O)c1ccc(CN)cc1. The van der Waals surface area contributed by atoms with Crippen LogP contribution in [0.2, 0.25) is 0 Å². The molecule has 0 spiro atoms. The van der Waals surface area contributed by atoms with Gasteiger partial charge in [0.05, 0.1) is 0 Å². The summed E-state index contributed by atoms with van der Waals surface area (Å²) in [7, 11) is 0. The second kappa shape index (κ2) is 5.12. The van der Waals surface area contributed by atoms with Crippen molar-refractivity contribution in [1.82, 2.24) is 0 Å². The van der Waals surface area contributed by atoms with Crippen molar-refractivity contribution in [2.45, 2.75) is 6.54 Å². The number of hydrogen-bond donors (Lipinski definition) is 2. The Morgan fingerprint density at radius 2 is 1.93 bits per heavy atom. The number of amides is 1. The van der Waals surface area contributed by atoms with E-state index in [1.807, 2.05) is 24.3 Å². The molecule has 1 amide bonds. The standard InChI is InChI=1S/C12H14N2O/c1-2-3-11(12(14)15)10-6-4-9(8-13)5-7-10/h2-7H,1,8,13H2,(H2,14,15). The van der Waals surface area contributed by atoms with Gasteiger partial charge in [0.25, 0.3) is 0 Å². The fourth-order valence-corrected chi connectivity index (χ4v) is 1.26. The molecule has 1 aromatic carbocycles. The molecule has 0 heterocycles. The predicted molar refractivity (Wildman–Crippen MR) is 61.7 cm³/mol. The highest BCUT2D eigenvalue weighted by Crippen LogP contribution is 2.14. The number of hydrogen-bond acceptors (Lipinski definition) is 2. The van der Waals surface area contributed by atoms with Gasteiger partial charge < -0.3 is 11.5 Å². The van der Waals surface area contributed by atoms with Crippen LogP contribution in [0.3, 0.4) is 0 Å². The highest BCUT2D eigenvalue weighted by Gasteiger charge is 2.06. The lowest BCUT2D eigenvalue weighted by atomic mass is 10.0. The van der Waals surface area contributed by atoms with Crippen molar-refractivity contribution >= 4 is 11.5 Å². The van der Waals surface area contributed by atoms with E-state index >= 15 is 0 Å². The molecule has 0 saturated heterocycles. The summed E-state index contributed by atoms with van der Waals surface area (Å²) in [5.74, 6) is -0.463. The minimum Gasteiger partial charge on any atom is -0.366 e. The molecule has 0 aromatic heterocycles. The number of carbonyl (C=O) groups is 1. The average Bonchev–Trinajstić information content (AvgIpc) is 2.26. The molecule has 1 aromatic rings. The molecule has 3 heteroatoms. The molecule has 0 radical (unpaired) electrons. The summed E-state index contributed by atoms with van der Waals surface area (Å²) in [6.45, 7) is 4.02. The highest BCUT2D eigenvalue weighted by atomic mass is 16.1. The maximum Gasteiger partial charge on any atom is 0.249 e. The summed E-state index contributed by atoms with van der Waals surface area (Å²) in [4.78, 5) is 11.1. The second-order valence-electron chi connectivity index (χ2n) is 3.08. The number of rotatable bonds is 4. The Kier molecular flexibility index (Phi) is 3.83. The summed E-state index contributed by atoms with van der Waals surface area (Å²) in [5.41, 5.74) is 13.0. The van der Waals surface area contributed by atoms with E-state index in [4.69, 9.17) is 11.5 Å². The van der Waals surface area contributed by atoms with Gasteiger partial charge in [0, 0.05) is 12.1 Å². The summed E-state index contributed by atoms with van der Waals surface area (Å²) in [6, 6.07) is 7.38. The highest BCUT2D eigenvalue weighted by molar-refractivity contribution is 6.19. The lowest BCUT2D eigenvalue weighted by molar-refractivity contribution is -0.112. The Hall–Kier alpha value is -1.87. The lowest BCUT2D eigenvalue weighted by Gasteiger charge is -2.03. The van der Waals surface area contributed by atoms with E-state index in [0.717, 1.165) is 11.1 Å². The zero-order chi connectivity index (χ0) is 11.3. The average molecular weight is 202 g/mol. The van der Waals surface area contributed by atoms with Crippen molar-refractivity contribution in [3.05, 3.63) is 54.1 Å². The molecule has 0 bridgehead atoms. The minimum absolute atomic E-state index is 0.452. The second-order valence-corrected chi connectivity index (χ2v) is 3.08. The third kappa shape index (κ3) is 2.79. The number of nitrogens with two attached hydrogens (primary N) is 2. The zero-order valence-electron chi connectivity index (χ0n) is 8.44. The largest absolute Gasteiger partial charge is 0.366 e. The summed E-state index contributed by atoms with van der Waals surface area (Å²) >= 11 is 0. The first-order valence-corrected chi connectivity index (χ1v) is 4.61. The Labute approximate surface area is 89.1 Å². The van der Waals surface area contributed by atoms with Gasteiger partial charge in [-0.2, -0.15) is 0 Å². The number of allylic oxidation sites excluding steroid dienone is 2. The molecule has 0 aliphatic rings. The third-order valence-electron chi connectivity index (χ3n) is 2.05. The molecule has 0 unspecified atom stereocenters. The molecule has 3 nitrogen and oxygen atoms in total. The van der Waals surface area contributed by atoms with Gasteiger partial charge in [0.2, 0.25) is 5.91 Å². The topological polar surface area (TPSA) is 69.1 Å². The fraction of sp³-hybridized carbons (Fsp3) is 0.0833. The molecule has 1 rings (SSSR count). The minimum atomic E-state index is -0.463. The lowest BCUT2D eigenvalue weighted by Crippen LogP contribution is -2.12. The monoisotopic (exact) mass is 202 g/mol. The van der Waals surface area contributed by atoms with Crippen LogP contribution in [0.15, 0.2) is 43.0 Å². The van der Waals surface area contributed by atoms with E-state index in [1.165, 1.54) is 6.08 Å². The van der Waals surface area contributed by atoms with Crippen molar-refractivity contribution < 1.29 is 4.79 Å². The van der Waals surface area contributed by atoms with Crippen LogP contribution in [0.5, 0.6) is 0 Å². The van der Waals surface area contributed by atoms with Gasteiger partial charge in [0.1, 0.15) is 0 Å². The van der Waals surface area contributed by atoms with Gasteiger partial charge in [-0.1, -0.05) is 36.9 Å². The van der Waals surface area contributed by atoms with E-state index < -0.39 is 5.91 Å². The first-order valence-electron chi connectivity index (χ1n) is 4.61. The summed E-state index contributed by atoms with van der Waals surface area (Å²) in [6.07, 6.45) is 3.14. The van der Waals surface area contributed by atoms with Crippen molar-refractivity contribution in [1.29, 1.82) is 0 Å². The molecule has 78 valence electrons. The maximum atomic E-state index is 11.1. The normalized spacial score (nSPS) is 11.1. The molecule has 0 aliphatic heterocycles. The van der Waals surface area contributed by atoms with Crippen LogP contribution in [-0.4, -0.2) is 5.91 Å². The Bertz CT molecular complexity index is 391. The number of carbonyl (C=O) groups excluding carboxylic acids is 1. The van der Waals surface area contributed by atoms with E-state index in [9.17, 15) is 4.79 Å². The molecule has 4 N–H and O–H groups in total. The molecule has 0 atom stereocenters. The van der Waals surface area contributed by atoms with E-state index in [-0.39, 0.29) is 0 Å². The maximum absolute atomic E-state index is 11.1. The smallest absolute Gasteiger partial charge is 0.249 e. The van der Waals surface area contributed by atoms with Crippen LogP contribution >= 0.6 is 0 Å². The fourth-order valence-electron chi connectivity index (χ4n) is 1.26. The first kappa shape index (κ1) is 11.2. The zero-order valence-corrected chi connectivity index (χ0v) is 8.44. The molecule has 0 aliphatic carbocycles. The van der Waals surface area contributed by atoms with Crippen molar-refractivity contribution in [3.8, 4) is 0 Å². The van der Waals surface area contributed by atoms with Gasteiger partial charge in [-0.25, -0.2) is 0 Å². The summed E-state index contributed by atoms with van der Waals surface area (Å²) < 4.78 is 0. The van der Waals surface area contributed by atoms with Gasteiger partial charge in [-0.15, -0.1) is 0 Å². The third-order valence-corrected chi connectivity index (χ3v) is 2.05. The number of primary amides is 1. The Morgan fingerprint density at radius 1 is 1.33 bits per heavy atom. The van der Waals surface area contributed by atoms with Crippen LogP contribution in [0.4, 0.5) is 0 Å². The van der Waals surface area contributed by atoms with Gasteiger partial charge in [-0.05, 0) is 17.2 Å². The van der Waals surface area contributed by atoms with E-state index in [2.05, 4.69) is 6.58 Å². The Balaban J connectivity index is 3.07. The molecular formula is C12H14N2O. The van der Waals surface area contributed by atoms with Crippen LogP contribution in [0, 0.1) is 0 Å². The van der Waals surface area contributed by atoms with Crippen LogP contribution < -0.4 is 11.5 Å². The summed E-state index contributed by atoms with van der Waals surface area (Å²) in [5, 5.41) is 0. The van der Waals surface area contributed by atoms with Crippen molar-refractivity contribution in [2.24, 2.45) is 11.5 Å². The van der Waals surface area contributed by atoms with Gasteiger partial charge in [-0.3, -0.25) is 4.79 Å². The van der Waals surface area contributed by atoms with Crippen LogP contribution in [0.25, 0.3) is 5.57 Å². The van der Waals surface area contributed by atoms with E-state index in [1.54, 1.807) is 6.08 Å². The van der Waals surface area contributed by atoms with Gasteiger partial charge >= 0.3 is 0 Å². The molecule has 0 saturated carbocycles. The predicted octanol–water partition coefficient (Wildman–Crippen LogP) is 1.20.